The molecule has 1 N–H and O–H groups in total. The van der Waals surface area contributed by atoms with Gasteiger partial charge in [0.05, 0.1) is 10.6 Å². The molecular weight excluding hydrogens is 391 g/mol. The molecular formula is C22H27FN2O3S. The predicted octanol–water partition coefficient (Wildman–Crippen LogP) is 4.42. The zero-order chi connectivity index (χ0) is 21.3. The summed E-state index contributed by atoms with van der Waals surface area (Å²) in [5, 5.41) is 2.54. The van der Waals surface area contributed by atoms with Gasteiger partial charge in [-0.3, -0.25) is 4.79 Å². The van der Waals surface area contributed by atoms with Gasteiger partial charge in [0.15, 0.2) is 0 Å². The Hall–Kier alpha value is -2.25. The maximum atomic E-state index is 14.1. The molecule has 0 bridgehead atoms. The van der Waals surface area contributed by atoms with Gasteiger partial charge in [0.1, 0.15) is 5.82 Å². The van der Waals surface area contributed by atoms with Crippen molar-refractivity contribution in [3.05, 3.63) is 58.4 Å². The number of nitrogens with one attached hydrogen (secondary N) is 1. The van der Waals surface area contributed by atoms with Crippen LogP contribution in [0.5, 0.6) is 0 Å². The molecule has 1 fully saturated rings. The quantitative estimate of drug-likeness (QED) is 0.799. The molecule has 0 radical (unpaired) electrons. The highest BCUT2D eigenvalue weighted by Gasteiger charge is 2.30. The number of benzene rings is 2. The first-order valence-corrected chi connectivity index (χ1v) is 11.2. The van der Waals surface area contributed by atoms with Crippen LogP contribution in [0, 0.1) is 32.5 Å². The number of anilines is 1. The number of amides is 1. The maximum Gasteiger partial charge on any atom is 0.255 e. The third-order valence-electron chi connectivity index (χ3n) is 5.62. The first kappa shape index (κ1) is 21.5. The van der Waals surface area contributed by atoms with Crippen LogP contribution in [0.4, 0.5) is 10.1 Å². The Bertz CT molecular complexity index is 1040. The summed E-state index contributed by atoms with van der Waals surface area (Å²) in [7, 11) is -3.70. The van der Waals surface area contributed by atoms with Crippen LogP contribution in [0.1, 0.15) is 46.8 Å². The molecule has 0 saturated carbocycles. The molecule has 1 saturated heterocycles. The van der Waals surface area contributed by atoms with Gasteiger partial charge in [-0.2, -0.15) is 4.31 Å². The van der Waals surface area contributed by atoms with E-state index in [4.69, 9.17) is 0 Å². The fourth-order valence-electron chi connectivity index (χ4n) is 3.51. The Morgan fingerprint density at radius 2 is 1.76 bits per heavy atom. The van der Waals surface area contributed by atoms with Gasteiger partial charge in [-0.25, -0.2) is 12.8 Å². The van der Waals surface area contributed by atoms with E-state index in [0.717, 1.165) is 18.4 Å². The van der Waals surface area contributed by atoms with E-state index >= 15 is 0 Å². The van der Waals surface area contributed by atoms with E-state index in [-0.39, 0.29) is 16.1 Å². The molecule has 0 atom stereocenters. The number of hydrogen-bond acceptors (Lipinski definition) is 3. The highest BCUT2D eigenvalue weighted by Crippen LogP contribution is 2.28. The minimum Gasteiger partial charge on any atom is -0.319 e. The summed E-state index contributed by atoms with van der Waals surface area (Å²) >= 11 is 0. The summed E-state index contributed by atoms with van der Waals surface area (Å²) in [5.41, 5.74) is 2.33. The molecule has 1 aliphatic rings. The second kappa shape index (κ2) is 8.24. The lowest BCUT2D eigenvalue weighted by Crippen LogP contribution is -2.38. The number of carbonyl (C=O) groups is 1. The van der Waals surface area contributed by atoms with Gasteiger partial charge in [-0.1, -0.05) is 13.0 Å². The Kier molecular flexibility index (Phi) is 6.10. The fourth-order valence-corrected chi connectivity index (χ4v) is 5.30. The van der Waals surface area contributed by atoms with E-state index in [1.807, 2.05) is 0 Å². The number of rotatable bonds is 4. The minimum atomic E-state index is -3.70. The van der Waals surface area contributed by atoms with Crippen molar-refractivity contribution in [3.63, 3.8) is 0 Å². The van der Waals surface area contributed by atoms with Crippen molar-refractivity contribution < 1.29 is 17.6 Å². The molecule has 1 amide bonds. The Morgan fingerprint density at radius 1 is 1.10 bits per heavy atom. The number of nitrogens with zero attached hydrogens (tertiary/aromatic N) is 1. The van der Waals surface area contributed by atoms with Gasteiger partial charge in [0.2, 0.25) is 10.0 Å². The molecule has 3 rings (SSSR count). The molecule has 7 heteroatoms. The zero-order valence-electron chi connectivity index (χ0n) is 17.3. The van der Waals surface area contributed by atoms with Crippen molar-refractivity contribution >= 4 is 21.6 Å². The third kappa shape index (κ3) is 4.51. The van der Waals surface area contributed by atoms with Gasteiger partial charge >= 0.3 is 0 Å². The van der Waals surface area contributed by atoms with E-state index in [0.29, 0.717) is 30.1 Å². The number of carbonyl (C=O) groups excluding carboxylic acids is 1. The molecule has 0 spiro atoms. The van der Waals surface area contributed by atoms with E-state index in [1.165, 1.54) is 22.5 Å². The van der Waals surface area contributed by atoms with Crippen LogP contribution in [-0.2, 0) is 10.0 Å². The van der Waals surface area contributed by atoms with Gasteiger partial charge in [-0.15, -0.1) is 0 Å². The summed E-state index contributed by atoms with van der Waals surface area (Å²) in [6.45, 7) is 8.36. The zero-order valence-corrected chi connectivity index (χ0v) is 18.1. The number of sulfonamides is 1. The maximum absolute atomic E-state index is 14.1. The lowest BCUT2D eigenvalue weighted by molar-refractivity contribution is 0.102. The van der Waals surface area contributed by atoms with Crippen molar-refractivity contribution in [3.8, 4) is 0 Å². The Labute approximate surface area is 172 Å². The van der Waals surface area contributed by atoms with Gasteiger partial charge in [0.25, 0.3) is 5.91 Å². The van der Waals surface area contributed by atoms with Crippen molar-refractivity contribution in [1.82, 2.24) is 4.31 Å². The van der Waals surface area contributed by atoms with Gasteiger partial charge < -0.3 is 5.32 Å². The number of aryl methyl sites for hydroxylation is 2. The van der Waals surface area contributed by atoms with E-state index in [9.17, 15) is 17.6 Å². The highest BCUT2D eigenvalue weighted by atomic mass is 32.2. The average molecular weight is 419 g/mol. The molecule has 29 heavy (non-hydrogen) atoms. The van der Waals surface area contributed by atoms with Crippen molar-refractivity contribution in [2.45, 2.75) is 45.4 Å². The molecule has 0 aliphatic carbocycles. The van der Waals surface area contributed by atoms with Crippen LogP contribution >= 0.6 is 0 Å². The van der Waals surface area contributed by atoms with Crippen LogP contribution in [0.3, 0.4) is 0 Å². The number of piperidine rings is 1. The SMILES string of the molecule is Cc1ccc(NC(=O)c2cc(C)c(C)c(S(=O)(=O)N3CCC(C)CC3)c2)c(F)c1. The van der Waals surface area contributed by atoms with Crippen LogP contribution < -0.4 is 5.32 Å². The minimum absolute atomic E-state index is 0.0632. The lowest BCUT2D eigenvalue weighted by atomic mass is 10.0. The smallest absolute Gasteiger partial charge is 0.255 e. The van der Waals surface area contributed by atoms with Crippen molar-refractivity contribution in [2.75, 3.05) is 18.4 Å². The van der Waals surface area contributed by atoms with E-state index < -0.39 is 21.7 Å². The molecule has 2 aromatic rings. The first-order valence-electron chi connectivity index (χ1n) is 9.78. The van der Waals surface area contributed by atoms with Crippen molar-refractivity contribution in [2.24, 2.45) is 5.92 Å². The second-order valence-corrected chi connectivity index (χ2v) is 9.85. The Morgan fingerprint density at radius 3 is 2.38 bits per heavy atom. The van der Waals surface area contributed by atoms with E-state index in [2.05, 4.69) is 12.2 Å². The highest BCUT2D eigenvalue weighted by molar-refractivity contribution is 7.89. The second-order valence-electron chi connectivity index (χ2n) is 7.94. The Balaban J connectivity index is 1.94. The lowest BCUT2D eigenvalue weighted by Gasteiger charge is -2.30. The summed E-state index contributed by atoms with van der Waals surface area (Å²) in [6.07, 6.45) is 1.65. The van der Waals surface area contributed by atoms with Crippen LogP contribution in [0.2, 0.25) is 0 Å². The number of halogens is 1. The standard InChI is InChI=1S/C22H27FN2O3S/c1-14-7-9-25(10-8-14)29(27,28)21-13-18(12-16(3)17(21)4)22(26)24-20-6-5-15(2)11-19(20)23/h5-6,11-14H,7-10H2,1-4H3,(H,24,26). The fraction of sp³-hybridized carbons (Fsp3) is 0.409. The van der Waals surface area contributed by atoms with Crippen molar-refractivity contribution in [1.29, 1.82) is 0 Å². The summed E-state index contributed by atoms with van der Waals surface area (Å²) in [4.78, 5) is 12.9. The van der Waals surface area contributed by atoms with Gasteiger partial charge in [-0.05, 0) is 80.5 Å². The molecule has 0 unspecified atom stereocenters. The molecule has 2 aromatic carbocycles. The van der Waals surface area contributed by atoms with Gasteiger partial charge in [0, 0.05) is 18.7 Å². The van der Waals surface area contributed by atoms with Crippen LogP contribution in [0.15, 0.2) is 35.2 Å². The molecule has 1 heterocycles. The number of hydrogen-bond donors (Lipinski definition) is 1. The molecule has 1 aliphatic heterocycles. The normalized spacial score (nSPS) is 16.0. The monoisotopic (exact) mass is 418 g/mol. The summed E-state index contributed by atoms with van der Waals surface area (Å²) in [5.74, 6) is -0.567. The molecule has 5 nitrogen and oxygen atoms in total. The first-order chi connectivity index (χ1) is 13.6. The molecule has 156 valence electrons. The molecule has 0 aromatic heterocycles. The summed E-state index contributed by atoms with van der Waals surface area (Å²) < 4.78 is 42.0. The third-order valence-corrected chi connectivity index (χ3v) is 7.64. The van der Waals surface area contributed by atoms with Crippen LogP contribution in [-0.4, -0.2) is 31.7 Å². The van der Waals surface area contributed by atoms with E-state index in [1.54, 1.807) is 32.9 Å². The van der Waals surface area contributed by atoms with Crippen LogP contribution in [0.25, 0.3) is 0 Å². The largest absolute Gasteiger partial charge is 0.319 e. The topological polar surface area (TPSA) is 66.5 Å². The summed E-state index contributed by atoms with van der Waals surface area (Å²) in [6, 6.07) is 7.57. The predicted molar refractivity (Wildman–Crippen MR) is 112 cm³/mol. The average Bonchev–Trinajstić information content (AvgIpc) is 2.66.